The smallest absolute Gasteiger partial charge is 0.251 e. The van der Waals surface area contributed by atoms with Gasteiger partial charge in [0.25, 0.3) is 5.91 Å². The van der Waals surface area contributed by atoms with E-state index in [1.165, 1.54) is 24.3 Å². The Balaban J connectivity index is 2.72. The Kier molecular flexibility index (Phi) is 8.22. The molecule has 2 unspecified atom stereocenters. The summed E-state index contributed by atoms with van der Waals surface area (Å²) in [5.74, 6) is -0.758. The molecule has 2 amide bonds. The molecule has 0 saturated carbocycles. The van der Waals surface area contributed by atoms with E-state index in [1.807, 2.05) is 19.9 Å². The number of nitrogens with zero attached hydrogens (tertiary/aromatic N) is 1. The Morgan fingerprint density at radius 2 is 1.77 bits per heavy atom. The second-order valence-corrected chi connectivity index (χ2v) is 7.61. The van der Waals surface area contributed by atoms with Gasteiger partial charge in [-0.1, -0.05) is 6.92 Å². The number of amides is 2. The summed E-state index contributed by atoms with van der Waals surface area (Å²) < 4.78 is 26.3. The fourth-order valence-corrected chi connectivity index (χ4v) is 2.96. The number of rotatable bonds is 9. The molecule has 0 aliphatic carbocycles. The third-order valence-corrected chi connectivity index (χ3v) is 5.17. The van der Waals surface area contributed by atoms with Gasteiger partial charge < -0.3 is 10.6 Å². The summed E-state index contributed by atoms with van der Waals surface area (Å²) in [5.41, 5.74) is 0.240. The van der Waals surface area contributed by atoms with E-state index in [2.05, 4.69) is 15.4 Å². The third-order valence-electron chi connectivity index (χ3n) is 3.70. The van der Waals surface area contributed by atoms with Crippen LogP contribution >= 0.6 is 0 Å². The van der Waals surface area contributed by atoms with Crippen LogP contribution in [-0.2, 0) is 14.8 Å². The molecule has 0 radical (unpaired) electrons. The molecule has 1 aromatic rings. The number of hydrogen-bond acceptors (Lipinski definition) is 5. The lowest BCUT2D eigenvalue weighted by atomic mass is 10.2. The highest BCUT2D eigenvalue weighted by Gasteiger charge is 2.19. The zero-order valence-electron chi connectivity index (χ0n) is 15.1. The maximum absolute atomic E-state index is 12.2. The molecule has 26 heavy (non-hydrogen) atoms. The summed E-state index contributed by atoms with van der Waals surface area (Å²) in [5, 5.41) is 13.8. The number of carbonyl (C=O) groups is 2. The fraction of sp³-hybridized carbons (Fsp3) is 0.471. The van der Waals surface area contributed by atoms with E-state index in [1.54, 1.807) is 6.92 Å². The molecular weight excluding hydrogens is 356 g/mol. The van der Waals surface area contributed by atoms with Gasteiger partial charge in [-0.2, -0.15) is 5.26 Å². The minimum atomic E-state index is -3.72. The molecule has 0 aliphatic rings. The van der Waals surface area contributed by atoms with Gasteiger partial charge in [0.2, 0.25) is 15.9 Å². The van der Waals surface area contributed by atoms with Gasteiger partial charge in [0.15, 0.2) is 0 Å². The summed E-state index contributed by atoms with van der Waals surface area (Å²) in [4.78, 5) is 24.1. The first-order valence-electron chi connectivity index (χ1n) is 8.29. The first kappa shape index (κ1) is 21.6. The number of sulfonamides is 1. The van der Waals surface area contributed by atoms with Crippen molar-refractivity contribution in [3.63, 3.8) is 0 Å². The van der Waals surface area contributed by atoms with Crippen molar-refractivity contribution < 1.29 is 18.0 Å². The lowest BCUT2D eigenvalue weighted by molar-refractivity contribution is -0.123. The Hall–Kier alpha value is -2.44. The average Bonchev–Trinajstić information content (AvgIpc) is 2.61. The van der Waals surface area contributed by atoms with Gasteiger partial charge in [0, 0.05) is 24.6 Å². The number of nitriles is 1. The molecule has 0 saturated heterocycles. The summed E-state index contributed by atoms with van der Waals surface area (Å²) in [6.45, 7) is 5.41. The van der Waals surface area contributed by atoms with Crippen LogP contribution in [-0.4, -0.2) is 38.9 Å². The molecule has 1 aromatic carbocycles. The number of nitrogens with one attached hydrogen (secondary N) is 3. The highest BCUT2D eigenvalue weighted by Crippen LogP contribution is 2.11. The van der Waals surface area contributed by atoms with Crippen molar-refractivity contribution in [3.05, 3.63) is 29.8 Å². The van der Waals surface area contributed by atoms with Crippen LogP contribution in [0.25, 0.3) is 0 Å². The van der Waals surface area contributed by atoms with Crippen LogP contribution in [0.2, 0.25) is 0 Å². The topological polar surface area (TPSA) is 128 Å². The summed E-state index contributed by atoms with van der Waals surface area (Å²) >= 11 is 0. The molecule has 0 spiro atoms. The van der Waals surface area contributed by atoms with E-state index in [4.69, 9.17) is 5.26 Å². The molecule has 0 aromatic heterocycles. The molecule has 142 valence electrons. The van der Waals surface area contributed by atoms with E-state index >= 15 is 0 Å². The van der Waals surface area contributed by atoms with Crippen LogP contribution in [0.1, 0.15) is 44.0 Å². The average molecular weight is 380 g/mol. The summed E-state index contributed by atoms with van der Waals surface area (Å²) in [6, 6.07) is 6.48. The van der Waals surface area contributed by atoms with Crippen LogP contribution < -0.4 is 15.4 Å². The van der Waals surface area contributed by atoms with Crippen LogP contribution in [0.4, 0.5) is 0 Å². The monoisotopic (exact) mass is 380 g/mol. The van der Waals surface area contributed by atoms with Crippen molar-refractivity contribution >= 4 is 21.8 Å². The van der Waals surface area contributed by atoms with Crippen molar-refractivity contribution in [3.8, 4) is 6.07 Å². The lowest BCUT2D eigenvalue weighted by Gasteiger charge is -2.17. The van der Waals surface area contributed by atoms with Gasteiger partial charge in [-0.05, 0) is 44.5 Å². The van der Waals surface area contributed by atoms with E-state index in [9.17, 15) is 18.0 Å². The Labute approximate surface area is 154 Å². The van der Waals surface area contributed by atoms with Crippen LogP contribution in [0.5, 0.6) is 0 Å². The Morgan fingerprint density at radius 3 is 2.31 bits per heavy atom. The second-order valence-electron chi connectivity index (χ2n) is 5.84. The van der Waals surface area contributed by atoms with Crippen molar-refractivity contribution in [2.75, 3.05) is 6.54 Å². The van der Waals surface area contributed by atoms with Gasteiger partial charge in [-0.3, -0.25) is 9.59 Å². The molecule has 0 bridgehead atoms. The Bertz CT molecular complexity index is 769. The van der Waals surface area contributed by atoms with E-state index in [-0.39, 0.29) is 35.4 Å². The maximum Gasteiger partial charge on any atom is 0.251 e. The normalized spacial score (nSPS) is 13.3. The highest BCUT2D eigenvalue weighted by atomic mass is 32.2. The summed E-state index contributed by atoms with van der Waals surface area (Å²) in [7, 11) is -3.72. The molecule has 8 nitrogen and oxygen atoms in total. The molecule has 0 fully saturated rings. The van der Waals surface area contributed by atoms with Crippen molar-refractivity contribution in [2.24, 2.45) is 0 Å². The molecule has 0 heterocycles. The number of carbonyl (C=O) groups excluding carboxylic acids is 2. The maximum atomic E-state index is 12.2. The molecule has 0 aliphatic heterocycles. The van der Waals surface area contributed by atoms with Crippen LogP contribution in [0, 0.1) is 11.3 Å². The van der Waals surface area contributed by atoms with Crippen LogP contribution in [0.15, 0.2) is 29.2 Å². The predicted molar refractivity (Wildman–Crippen MR) is 96.7 cm³/mol. The number of hydrogen-bond donors (Lipinski definition) is 3. The standard InChI is InChI=1S/C17H24N4O4S/c1-4-12(2)20-16(22)13(3)21-17(23)14-6-8-15(9-7-14)26(24,25)19-11-5-10-18/h6-9,12-13,19H,4-5,11H2,1-3H3,(H,20,22)(H,21,23). The quantitative estimate of drug-likeness (QED) is 0.549. The first-order chi connectivity index (χ1) is 12.2. The van der Waals surface area contributed by atoms with E-state index in [0.717, 1.165) is 6.42 Å². The highest BCUT2D eigenvalue weighted by molar-refractivity contribution is 7.89. The molecular formula is C17H24N4O4S. The zero-order valence-corrected chi connectivity index (χ0v) is 15.9. The molecule has 2 atom stereocenters. The number of benzene rings is 1. The van der Waals surface area contributed by atoms with Gasteiger partial charge >= 0.3 is 0 Å². The van der Waals surface area contributed by atoms with Gasteiger partial charge in [0.05, 0.1) is 11.0 Å². The predicted octanol–water partition coefficient (Wildman–Crippen LogP) is 0.912. The minimum absolute atomic E-state index is 0.00504. The van der Waals surface area contributed by atoms with Gasteiger partial charge in [-0.25, -0.2) is 13.1 Å². The second kappa shape index (κ2) is 9.89. The van der Waals surface area contributed by atoms with Gasteiger partial charge in [-0.15, -0.1) is 0 Å². The van der Waals surface area contributed by atoms with E-state index < -0.39 is 22.0 Å². The Morgan fingerprint density at radius 1 is 1.15 bits per heavy atom. The SMILES string of the molecule is CCC(C)NC(=O)C(C)NC(=O)c1ccc(S(=O)(=O)NCCC#N)cc1. The lowest BCUT2D eigenvalue weighted by Crippen LogP contribution is -2.47. The van der Waals surface area contributed by atoms with Gasteiger partial charge in [0.1, 0.15) is 6.04 Å². The van der Waals surface area contributed by atoms with Crippen molar-refractivity contribution in [1.29, 1.82) is 5.26 Å². The largest absolute Gasteiger partial charge is 0.352 e. The molecule has 1 rings (SSSR count). The minimum Gasteiger partial charge on any atom is -0.352 e. The third kappa shape index (κ3) is 6.46. The van der Waals surface area contributed by atoms with Crippen molar-refractivity contribution in [1.82, 2.24) is 15.4 Å². The zero-order chi connectivity index (χ0) is 19.7. The first-order valence-corrected chi connectivity index (χ1v) is 9.77. The van der Waals surface area contributed by atoms with Crippen molar-refractivity contribution in [2.45, 2.75) is 50.6 Å². The van der Waals surface area contributed by atoms with Crippen LogP contribution in [0.3, 0.4) is 0 Å². The molecule has 9 heteroatoms. The summed E-state index contributed by atoms with van der Waals surface area (Å²) in [6.07, 6.45) is 0.848. The molecule has 3 N–H and O–H groups in total. The van der Waals surface area contributed by atoms with E-state index in [0.29, 0.717) is 0 Å². The fourth-order valence-electron chi connectivity index (χ4n) is 1.93.